The molecule has 0 radical (unpaired) electrons. The molecule has 2 aliphatic rings. The van der Waals surface area contributed by atoms with Crippen molar-refractivity contribution in [3.8, 4) is 0 Å². The number of pyridine rings is 1. The Morgan fingerprint density at radius 1 is 1.05 bits per heavy atom. The van der Waals surface area contributed by atoms with Gasteiger partial charge in [-0.3, -0.25) is 18.5 Å². The van der Waals surface area contributed by atoms with Crippen molar-refractivity contribution in [2.75, 3.05) is 18.9 Å². The summed E-state index contributed by atoms with van der Waals surface area (Å²) in [5.74, 6) is -0.729. The van der Waals surface area contributed by atoms with Gasteiger partial charge in [-0.05, 0) is 6.07 Å². The largest absolute Gasteiger partial charge is 0.756 e. The molecular weight excluding hydrogens is 636 g/mol. The Labute approximate surface area is 246 Å². The summed E-state index contributed by atoms with van der Waals surface area (Å²) in [5.41, 5.74) is 11.4. The number of aliphatic hydroxyl groups excluding tert-OH is 4. The molecule has 5 heterocycles. The molecule has 10 atom stereocenters. The number of rotatable bonds is 11. The Hall–Kier alpha value is -3.01. The Kier molecular flexibility index (Phi) is 9.13. The Morgan fingerprint density at radius 2 is 1.73 bits per heavy atom. The van der Waals surface area contributed by atoms with Gasteiger partial charge in [0.1, 0.15) is 47.9 Å². The van der Waals surface area contributed by atoms with Crippen LogP contribution in [0.15, 0.2) is 37.2 Å². The third-order valence-corrected chi connectivity index (χ3v) is 9.30. The average molecular weight is 663 g/mol. The van der Waals surface area contributed by atoms with Gasteiger partial charge in [0.15, 0.2) is 36.2 Å². The Bertz CT molecular complexity index is 1630. The van der Waals surface area contributed by atoms with Gasteiger partial charge in [0.2, 0.25) is 0 Å². The van der Waals surface area contributed by atoms with E-state index in [2.05, 4.69) is 28.3 Å². The van der Waals surface area contributed by atoms with Crippen LogP contribution in [0.25, 0.3) is 11.2 Å². The quantitative estimate of drug-likeness (QED) is 0.0768. The zero-order valence-electron chi connectivity index (χ0n) is 22.2. The van der Waals surface area contributed by atoms with E-state index in [1.54, 1.807) is 0 Å². The van der Waals surface area contributed by atoms with E-state index in [0.29, 0.717) is 0 Å². The van der Waals surface area contributed by atoms with Gasteiger partial charge in [0.25, 0.3) is 20.0 Å². The summed E-state index contributed by atoms with van der Waals surface area (Å²) in [4.78, 5) is 45.5. The first-order valence-corrected chi connectivity index (χ1v) is 15.5. The molecule has 9 N–H and O–H groups in total. The number of carbonyl (C=O) groups is 1. The molecule has 240 valence electrons. The number of anilines is 1. The first-order valence-electron chi connectivity index (χ1n) is 12.6. The maximum Gasteiger partial charge on any atom is 0.478 e. The number of primary amides is 1. The van der Waals surface area contributed by atoms with E-state index in [0.717, 1.165) is 6.33 Å². The zero-order chi connectivity index (χ0) is 32.0. The summed E-state index contributed by atoms with van der Waals surface area (Å²) in [5, 5.41) is 41.6. The van der Waals surface area contributed by atoms with Crippen molar-refractivity contribution in [1.29, 1.82) is 0 Å². The van der Waals surface area contributed by atoms with Crippen LogP contribution in [-0.2, 0) is 32.0 Å². The number of phosphoric acid groups is 2. The molecule has 3 aromatic heterocycles. The van der Waals surface area contributed by atoms with Crippen LogP contribution >= 0.6 is 15.6 Å². The fraction of sp³-hybridized carbons (Fsp3) is 0.476. The number of nitrogens with two attached hydrogens (primary N) is 2. The molecule has 3 aromatic rings. The fourth-order valence-electron chi connectivity index (χ4n) is 4.57. The summed E-state index contributed by atoms with van der Waals surface area (Å²) in [7, 11) is -11.0. The van der Waals surface area contributed by atoms with E-state index in [1.165, 1.54) is 40.0 Å². The van der Waals surface area contributed by atoms with E-state index in [4.69, 9.17) is 20.9 Å². The molecule has 2 saturated heterocycles. The van der Waals surface area contributed by atoms with E-state index >= 15 is 0 Å². The first kappa shape index (κ1) is 32.4. The Balaban J connectivity index is 1.16. The molecule has 21 nitrogen and oxygen atoms in total. The van der Waals surface area contributed by atoms with Gasteiger partial charge in [-0.15, -0.1) is 0 Å². The van der Waals surface area contributed by atoms with E-state index in [-0.39, 0.29) is 22.5 Å². The summed E-state index contributed by atoms with van der Waals surface area (Å²) in [6.07, 6.45) is -7.05. The Morgan fingerprint density at radius 3 is 2.45 bits per heavy atom. The highest BCUT2D eigenvalue weighted by Gasteiger charge is 2.49. The molecule has 0 aliphatic carbocycles. The molecular formula is C21H27N7O14P2. The molecule has 0 bridgehead atoms. The molecule has 2 aliphatic heterocycles. The molecule has 1 amide bonds. The lowest BCUT2D eigenvalue weighted by atomic mass is 10.1. The number of hydrogen-bond donors (Lipinski definition) is 7. The van der Waals surface area contributed by atoms with E-state index in [9.17, 15) is 44.1 Å². The molecule has 0 aromatic carbocycles. The van der Waals surface area contributed by atoms with Crippen LogP contribution in [-0.4, -0.2) is 101 Å². The van der Waals surface area contributed by atoms with Crippen LogP contribution in [0, 0.1) is 0 Å². The van der Waals surface area contributed by atoms with Gasteiger partial charge < -0.3 is 55.7 Å². The lowest BCUT2D eigenvalue weighted by Crippen LogP contribution is -2.46. The van der Waals surface area contributed by atoms with Crippen molar-refractivity contribution < 1.29 is 71.5 Å². The minimum absolute atomic E-state index is 0.0446. The summed E-state index contributed by atoms with van der Waals surface area (Å²) in [6, 6.07) is 2.82. The van der Waals surface area contributed by atoms with Crippen LogP contribution in [0.4, 0.5) is 5.82 Å². The predicted molar refractivity (Wildman–Crippen MR) is 137 cm³/mol. The van der Waals surface area contributed by atoms with Gasteiger partial charge in [0, 0.05) is 6.07 Å². The fourth-order valence-corrected chi connectivity index (χ4v) is 6.62. The predicted octanol–water partition coefficient (Wildman–Crippen LogP) is -3.65. The third kappa shape index (κ3) is 6.65. The third-order valence-electron chi connectivity index (χ3n) is 6.74. The standard InChI is InChI=1S/C21H27N7O14P2/c22-17-12-19(25-7-24-17)28(8-26-12)21-16(32)14(30)11(41-21)6-39-44(36,37)42-43(34,35)38-5-10-13(29)15(31)20(40-10)27-3-1-2-9(4-27)18(23)33/h1-4,7-8,10-11,13-16,20-21,29-32H,5-6H2,(H5-,22,23,24,25,33,34,35,36,37)/t10-,11-,13-,14-,15-,16+,20-,21-/m1/s1. The number of aliphatic hydroxyl groups is 4. The van der Waals surface area contributed by atoms with Crippen LogP contribution in [0.2, 0.25) is 0 Å². The maximum absolute atomic E-state index is 12.4. The van der Waals surface area contributed by atoms with Crippen molar-refractivity contribution in [3.05, 3.63) is 42.7 Å². The second-order valence-corrected chi connectivity index (χ2v) is 12.7. The minimum Gasteiger partial charge on any atom is -0.756 e. The molecule has 44 heavy (non-hydrogen) atoms. The van der Waals surface area contributed by atoms with Crippen molar-refractivity contribution in [2.45, 2.75) is 49.1 Å². The van der Waals surface area contributed by atoms with E-state index in [1.807, 2.05) is 0 Å². The van der Waals surface area contributed by atoms with Gasteiger partial charge >= 0.3 is 7.82 Å². The maximum atomic E-state index is 12.4. The normalized spacial score (nSPS) is 31.6. The number of fused-ring (bicyclic) bond motifs is 1. The molecule has 0 spiro atoms. The zero-order valence-corrected chi connectivity index (χ0v) is 24.0. The lowest BCUT2D eigenvalue weighted by Gasteiger charge is -2.26. The van der Waals surface area contributed by atoms with Crippen LogP contribution in [0.3, 0.4) is 0 Å². The number of hydrogen-bond acceptors (Lipinski definition) is 17. The number of aromatic nitrogens is 5. The molecule has 2 unspecified atom stereocenters. The summed E-state index contributed by atoms with van der Waals surface area (Å²) >= 11 is 0. The van der Waals surface area contributed by atoms with Gasteiger partial charge in [0.05, 0.1) is 19.5 Å². The summed E-state index contributed by atoms with van der Waals surface area (Å²) in [6.45, 7) is -1.89. The molecule has 2 fully saturated rings. The number of amides is 1. The number of carbonyl (C=O) groups excluding carboxylic acids is 1. The van der Waals surface area contributed by atoms with Crippen molar-refractivity contribution in [3.63, 3.8) is 0 Å². The minimum atomic E-state index is -5.62. The smallest absolute Gasteiger partial charge is 0.478 e. The SMILES string of the molecule is NC(=O)c1ccc[n+]([C@@H]2O[C@H](COP(=O)([O-])OP(=O)(O)OC[C@H]3O[C@@H](n4cnc5c(N)ncnc54)[C@@H](O)[C@@H]3O)[C@@H](O)[C@H]2O)c1. The number of imidazole rings is 1. The highest BCUT2D eigenvalue weighted by molar-refractivity contribution is 7.60. The molecule has 0 saturated carbocycles. The van der Waals surface area contributed by atoms with Crippen LogP contribution < -0.4 is 20.9 Å². The van der Waals surface area contributed by atoms with Crippen molar-refractivity contribution in [1.82, 2.24) is 19.5 Å². The highest BCUT2D eigenvalue weighted by Crippen LogP contribution is 2.58. The first-order chi connectivity index (χ1) is 20.7. The van der Waals surface area contributed by atoms with Gasteiger partial charge in [-0.25, -0.2) is 23.8 Å². The number of nitrogens with zero attached hydrogens (tertiary/aromatic N) is 5. The monoisotopic (exact) mass is 663 g/mol. The van der Waals surface area contributed by atoms with Gasteiger partial charge in [-0.1, -0.05) is 0 Å². The van der Waals surface area contributed by atoms with Crippen LogP contribution in [0.1, 0.15) is 22.8 Å². The van der Waals surface area contributed by atoms with Crippen molar-refractivity contribution >= 4 is 38.5 Å². The van der Waals surface area contributed by atoms with Crippen molar-refractivity contribution in [2.24, 2.45) is 5.73 Å². The average Bonchev–Trinajstić information content (AvgIpc) is 3.61. The lowest BCUT2D eigenvalue weighted by molar-refractivity contribution is -0.765. The van der Waals surface area contributed by atoms with Crippen LogP contribution in [0.5, 0.6) is 0 Å². The molecule has 5 rings (SSSR count). The number of nitrogen functional groups attached to an aromatic ring is 1. The topological polar surface area (TPSA) is 321 Å². The highest BCUT2D eigenvalue weighted by atomic mass is 31.3. The molecule has 23 heteroatoms. The van der Waals surface area contributed by atoms with Gasteiger partial charge in [-0.2, -0.15) is 4.57 Å². The second kappa shape index (κ2) is 12.4. The second-order valence-electron chi connectivity index (χ2n) is 9.67. The van der Waals surface area contributed by atoms with E-state index < -0.39 is 83.8 Å². The number of phosphoric ester groups is 2. The summed E-state index contributed by atoms with van der Waals surface area (Å²) < 4.78 is 51.5. The number of ether oxygens (including phenoxy) is 2.